The number of amides is 2. The minimum atomic E-state index is -1.50. The van der Waals surface area contributed by atoms with Crippen LogP contribution in [-0.2, 0) is 0 Å². The summed E-state index contributed by atoms with van der Waals surface area (Å²) in [5.74, 6) is -4.06. The van der Waals surface area contributed by atoms with Crippen molar-refractivity contribution < 1.29 is 34.2 Å². The normalized spacial score (nSPS) is 12.7. The topological polar surface area (TPSA) is 173 Å². The first-order valence-electron chi connectivity index (χ1n) is 8.47. The number of imide groups is 1. The molecule has 0 N–H and O–H groups in total. The third-order valence-corrected chi connectivity index (χ3v) is 4.63. The van der Waals surface area contributed by atoms with Gasteiger partial charge in [0.1, 0.15) is 0 Å². The second kappa shape index (κ2) is 6.88. The van der Waals surface area contributed by atoms with E-state index in [1.165, 1.54) is 24.3 Å². The van der Waals surface area contributed by atoms with Gasteiger partial charge in [0.25, 0.3) is 17.5 Å². The number of nitrogens with zero attached hydrogens (tertiary/aromatic N) is 3. The maximum absolute atomic E-state index is 12.9. The van der Waals surface area contributed by atoms with E-state index in [1.807, 2.05) is 0 Å². The number of carbonyl (C=O) groups excluding carboxylic acids is 3. The molecule has 3 aromatic carbocycles. The Labute approximate surface area is 171 Å². The van der Waals surface area contributed by atoms with E-state index >= 15 is 0 Å². The van der Waals surface area contributed by atoms with Gasteiger partial charge < -0.3 is 14.7 Å². The quantitative estimate of drug-likeness (QED) is 0.336. The summed E-state index contributed by atoms with van der Waals surface area (Å²) in [7, 11) is 0. The van der Waals surface area contributed by atoms with E-state index in [0.29, 0.717) is 6.07 Å². The number of benzene rings is 3. The lowest BCUT2D eigenvalue weighted by atomic mass is 9.92. The predicted octanol–water partition coefficient (Wildman–Crippen LogP) is 1.61. The molecule has 12 heteroatoms. The zero-order valence-electron chi connectivity index (χ0n) is 15.1. The van der Waals surface area contributed by atoms with Gasteiger partial charge in [-0.25, -0.2) is 0 Å². The zero-order chi connectivity index (χ0) is 22.4. The van der Waals surface area contributed by atoms with Crippen LogP contribution in [0.3, 0.4) is 0 Å². The fourth-order valence-electron chi connectivity index (χ4n) is 3.27. The molecule has 2 amide bonds. The Bertz CT molecular complexity index is 1330. The number of carboxylic acids is 1. The molecule has 0 atom stereocenters. The minimum absolute atomic E-state index is 0.0697. The summed E-state index contributed by atoms with van der Waals surface area (Å²) >= 11 is 0. The molecule has 12 nitrogen and oxygen atoms in total. The van der Waals surface area contributed by atoms with Gasteiger partial charge in [-0.2, -0.15) is 0 Å². The standard InChI is InChI=1S/C19H9N3O9/c23-17-12-3-1-2-10-11(19(25)26)5-6-13(16(10)12)18(24)20(17)31-15-7-4-9(21(27)28)8-14(15)22(29)30/h1-8H,(H,25,26)/p-1. The van der Waals surface area contributed by atoms with E-state index < -0.39 is 44.8 Å². The molecule has 0 aromatic heterocycles. The summed E-state index contributed by atoms with van der Waals surface area (Å²) in [6.07, 6.45) is 0. The van der Waals surface area contributed by atoms with E-state index in [-0.39, 0.29) is 32.5 Å². The van der Waals surface area contributed by atoms with Gasteiger partial charge in [0, 0.05) is 17.0 Å². The highest BCUT2D eigenvalue weighted by atomic mass is 16.7. The SMILES string of the molecule is O=C([O-])c1ccc2c3c(cccc13)C(=O)N(Oc1ccc([N+](=O)[O-])cc1[N+](=O)[O-])C2=O. The average Bonchev–Trinajstić information content (AvgIpc) is 2.74. The van der Waals surface area contributed by atoms with Gasteiger partial charge in [0.2, 0.25) is 5.75 Å². The lowest BCUT2D eigenvalue weighted by Crippen LogP contribution is -2.43. The monoisotopic (exact) mass is 422 g/mol. The van der Waals surface area contributed by atoms with Crippen molar-refractivity contribution >= 4 is 39.9 Å². The van der Waals surface area contributed by atoms with E-state index in [2.05, 4.69) is 0 Å². The highest BCUT2D eigenvalue weighted by Crippen LogP contribution is 2.35. The lowest BCUT2D eigenvalue weighted by Gasteiger charge is -2.26. The molecule has 3 aromatic rings. The van der Waals surface area contributed by atoms with Gasteiger partial charge in [-0.3, -0.25) is 29.8 Å². The van der Waals surface area contributed by atoms with Crippen LogP contribution in [0.15, 0.2) is 48.5 Å². The van der Waals surface area contributed by atoms with Crippen LogP contribution < -0.4 is 9.94 Å². The van der Waals surface area contributed by atoms with Crippen LogP contribution >= 0.6 is 0 Å². The molecule has 0 unspecified atom stereocenters. The van der Waals surface area contributed by atoms with Crippen molar-refractivity contribution in [3.8, 4) is 5.75 Å². The van der Waals surface area contributed by atoms with Crippen LogP contribution in [0.25, 0.3) is 10.8 Å². The number of aromatic carboxylic acids is 1. The van der Waals surface area contributed by atoms with Crippen molar-refractivity contribution in [3.63, 3.8) is 0 Å². The highest BCUT2D eigenvalue weighted by Gasteiger charge is 2.37. The van der Waals surface area contributed by atoms with E-state index in [9.17, 15) is 39.7 Å². The molecule has 0 saturated heterocycles. The number of carboxylic acid groups (broad SMARTS) is 1. The third-order valence-electron chi connectivity index (χ3n) is 4.63. The Morgan fingerprint density at radius 3 is 2.19 bits per heavy atom. The number of nitro groups is 2. The van der Waals surface area contributed by atoms with Crippen LogP contribution in [0.2, 0.25) is 0 Å². The molecule has 0 spiro atoms. The number of rotatable bonds is 5. The molecule has 0 bridgehead atoms. The Hall–Kier alpha value is -4.87. The van der Waals surface area contributed by atoms with Crippen molar-refractivity contribution in [1.82, 2.24) is 5.06 Å². The zero-order valence-corrected chi connectivity index (χ0v) is 15.1. The van der Waals surface area contributed by atoms with Crippen LogP contribution in [0.1, 0.15) is 31.1 Å². The first-order chi connectivity index (χ1) is 14.7. The second-order valence-electron chi connectivity index (χ2n) is 6.34. The summed E-state index contributed by atoms with van der Waals surface area (Å²) in [4.78, 5) is 62.7. The molecule has 31 heavy (non-hydrogen) atoms. The van der Waals surface area contributed by atoms with Gasteiger partial charge in [0.15, 0.2) is 0 Å². The van der Waals surface area contributed by atoms with E-state index in [4.69, 9.17) is 4.84 Å². The number of hydrogen-bond donors (Lipinski definition) is 0. The van der Waals surface area contributed by atoms with Crippen molar-refractivity contribution in [2.45, 2.75) is 0 Å². The number of hydrogen-bond acceptors (Lipinski definition) is 9. The number of hydroxylamine groups is 2. The Morgan fingerprint density at radius 2 is 1.58 bits per heavy atom. The molecule has 0 aliphatic carbocycles. The fraction of sp³-hybridized carbons (Fsp3) is 0. The van der Waals surface area contributed by atoms with Gasteiger partial charge in [-0.15, -0.1) is 0 Å². The molecule has 0 radical (unpaired) electrons. The van der Waals surface area contributed by atoms with Gasteiger partial charge in [0.05, 0.1) is 33.0 Å². The van der Waals surface area contributed by atoms with Crippen molar-refractivity contribution in [3.05, 3.63) is 85.4 Å². The molecule has 1 heterocycles. The molecule has 1 aliphatic heterocycles. The summed E-state index contributed by atoms with van der Waals surface area (Å²) in [5, 5.41) is 34.0. The number of carbonyl (C=O) groups is 3. The minimum Gasteiger partial charge on any atom is -0.545 e. The summed E-state index contributed by atoms with van der Waals surface area (Å²) in [5.41, 5.74) is -1.77. The van der Waals surface area contributed by atoms with Crippen LogP contribution in [-0.4, -0.2) is 32.7 Å². The molecule has 1 aliphatic rings. The number of nitro benzene ring substituents is 2. The van der Waals surface area contributed by atoms with Crippen molar-refractivity contribution in [2.24, 2.45) is 0 Å². The second-order valence-corrected chi connectivity index (χ2v) is 6.34. The van der Waals surface area contributed by atoms with Crippen molar-refractivity contribution in [2.75, 3.05) is 0 Å². The van der Waals surface area contributed by atoms with Crippen LogP contribution in [0.5, 0.6) is 5.75 Å². The molecule has 0 saturated carbocycles. The van der Waals surface area contributed by atoms with Gasteiger partial charge >= 0.3 is 5.69 Å². The molecule has 0 fully saturated rings. The first-order valence-corrected chi connectivity index (χ1v) is 8.47. The molecule has 4 rings (SSSR count). The molecular weight excluding hydrogens is 414 g/mol. The van der Waals surface area contributed by atoms with Gasteiger partial charge in [-0.1, -0.05) is 23.3 Å². The maximum Gasteiger partial charge on any atom is 0.321 e. The first kappa shape index (κ1) is 19.4. The largest absolute Gasteiger partial charge is 0.545 e. The fourth-order valence-corrected chi connectivity index (χ4v) is 3.27. The third kappa shape index (κ3) is 2.98. The Morgan fingerprint density at radius 1 is 0.903 bits per heavy atom. The van der Waals surface area contributed by atoms with Crippen molar-refractivity contribution in [1.29, 1.82) is 0 Å². The molecular formula is C19H8N3O9-. The smallest absolute Gasteiger partial charge is 0.321 e. The van der Waals surface area contributed by atoms with E-state index in [0.717, 1.165) is 18.2 Å². The average molecular weight is 422 g/mol. The van der Waals surface area contributed by atoms with Gasteiger partial charge in [-0.05, 0) is 23.6 Å². The molecule has 154 valence electrons. The predicted molar refractivity (Wildman–Crippen MR) is 99.2 cm³/mol. The Balaban J connectivity index is 1.83. The van der Waals surface area contributed by atoms with Crippen LogP contribution in [0, 0.1) is 20.2 Å². The number of non-ortho nitro benzene ring substituents is 1. The summed E-state index contributed by atoms with van der Waals surface area (Å²) in [6.45, 7) is 0. The highest BCUT2D eigenvalue weighted by molar-refractivity contribution is 6.26. The maximum atomic E-state index is 12.9. The summed E-state index contributed by atoms with van der Waals surface area (Å²) in [6, 6.07) is 8.90. The lowest BCUT2D eigenvalue weighted by molar-refractivity contribution is -0.395. The Kier molecular flexibility index (Phi) is 4.31. The summed E-state index contributed by atoms with van der Waals surface area (Å²) < 4.78 is 0. The van der Waals surface area contributed by atoms with E-state index in [1.54, 1.807) is 0 Å². The van der Waals surface area contributed by atoms with Crippen LogP contribution in [0.4, 0.5) is 11.4 Å².